The number of aromatic carboxylic acids is 2. The van der Waals surface area contributed by atoms with Crippen molar-refractivity contribution in [3.05, 3.63) is 59.0 Å². The summed E-state index contributed by atoms with van der Waals surface area (Å²) in [6, 6.07) is 10.1. The molecule has 0 radical (unpaired) electrons. The third kappa shape index (κ3) is 3.25. The lowest BCUT2D eigenvalue weighted by molar-refractivity contribution is 0.0686. The van der Waals surface area contributed by atoms with Gasteiger partial charge in [-0.15, -0.1) is 0 Å². The predicted octanol–water partition coefficient (Wildman–Crippen LogP) is 2.67. The monoisotopic (exact) mass is 338 g/mol. The average Bonchev–Trinajstić information content (AvgIpc) is 3.01. The number of carbonyl (C=O) groups is 2. The number of oxazole rings is 1. The van der Waals surface area contributed by atoms with E-state index in [-0.39, 0.29) is 34.9 Å². The van der Waals surface area contributed by atoms with Crippen molar-refractivity contribution in [2.45, 2.75) is 6.61 Å². The molecule has 2 aromatic carbocycles. The van der Waals surface area contributed by atoms with E-state index in [9.17, 15) is 9.59 Å². The quantitative estimate of drug-likeness (QED) is 0.725. The molecule has 25 heavy (non-hydrogen) atoms. The van der Waals surface area contributed by atoms with Crippen LogP contribution in [0.5, 0.6) is 5.75 Å². The third-order valence-corrected chi connectivity index (χ3v) is 3.38. The number of nitrogens with zero attached hydrogens (tertiary/aromatic N) is 2. The number of aromatic nitrogens is 1. The van der Waals surface area contributed by atoms with Gasteiger partial charge in [-0.25, -0.2) is 14.6 Å². The second-order valence-corrected chi connectivity index (χ2v) is 5.01. The molecule has 3 aromatic rings. The maximum absolute atomic E-state index is 10.9. The van der Waals surface area contributed by atoms with E-state index >= 15 is 0 Å². The van der Waals surface area contributed by atoms with Gasteiger partial charge in [0.1, 0.15) is 17.3 Å². The lowest BCUT2D eigenvalue weighted by atomic mass is 10.1. The number of hydrogen-bond donors (Lipinski definition) is 2. The zero-order valence-electron chi connectivity index (χ0n) is 12.6. The molecule has 0 bridgehead atoms. The Morgan fingerprint density at radius 2 is 1.80 bits per heavy atom. The van der Waals surface area contributed by atoms with Crippen LogP contribution in [0, 0.1) is 11.3 Å². The Morgan fingerprint density at radius 1 is 1.12 bits per heavy atom. The van der Waals surface area contributed by atoms with Crippen molar-refractivity contribution in [2.75, 3.05) is 0 Å². The molecule has 0 aliphatic carbocycles. The highest BCUT2D eigenvalue weighted by atomic mass is 16.5. The number of nitriles is 1. The van der Waals surface area contributed by atoms with E-state index in [0.717, 1.165) is 0 Å². The molecule has 124 valence electrons. The summed E-state index contributed by atoms with van der Waals surface area (Å²) in [7, 11) is 0. The molecule has 0 amide bonds. The number of benzene rings is 2. The van der Waals surface area contributed by atoms with Crippen molar-refractivity contribution < 1.29 is 29.0 Å². The Bertz CT molecular complexity index is 1030. The fourth-order valence-corrected chi connectivity index (χ4v) is 2.18. The van der Waals surface area contributed by atoms with Crippen LogP contribution in [-0.4, -0.2) is 27.1 Å². The molecule has 0 aliphatic rings. The van der Waals surface area contributed by atoms with Crippen molar-refractivity contribution in [3.8, 4) is 11.8 Å². The zero-order chi connectivity index (χ0) is 18.0. The lowest BCUT2D eigenvalue weighted by Crippen LogP contribution is -2.01. The van der Waals surface area contributed by atoms with E-state index in [4.69, 9.17) is 24.6 Å². The highest BCUT2D eigenvalue weighted by Gasteiger charge is 2.13. The number of carboxylic acids is 2. The topological polar surface area (TPSA) is 134 Å². The molecular weight excluding hydrogens is 328 g/mol. The number of hydrogen-bond acceptors (Lipinski definition) is 6. The van der Waals surface area contributed by atoms with Crippen LogP contribution in [0.25, 0.3) is 11.1 Å². The summed E-state index contributed by atoms with van der Waals surface area (Å²) in [6.45, 7) is -0.0990. The second-order valence-electron chi connectivity index (χ2n) is 5.01. The highest BCUT2D eigenvalue weighted by Crippen LogP contribution is 2.22. The van der Waals surface area contributed by atoms with Crippen LogP contribution < -0.4 is 4.74 Å². The molecule has 0 fully saturated rings. The van der Waals surface area contributed by atoms with Gasteiger partial charge in [-0.05, 0) is 36.4 Å². The molecule has 3 rings (SSSR count). The molecule has 2 N–H and O–H groups in total. The molecular formula is C17H10N2O6. The molecule has 8 heteroatoms. The summed E-state index contributed by atoms with van der Waals surface area (Å²) in [5.74, 6) is -1.82. The Balaban J connectivity index is 1.82. The first-order valence-electron chi connectivity index (χ1n) is 7.01. The fourth-order valence-electron chi connectivity index (χ4n) is 2.18. The zero-order valence-corrected chi connectivity index (χ0v) is 12.6. The standard InChI is InChI=1S/C17H10N2O6/c18-7-11-5-9(16(20)21)2-4-13(11)24-8-15-19-12-3-1-10(17(22)23)6-14(12)25-15/h1-6H,8H2,(H,20,21)(H,22,23). The van der Waals surface area contributed by atoms with Crippen LogP contribution >= 0.6 is 0 Å². The molecule has 8 nitrogen and oxygen atoms in total. The van der Waals surface area contributed by atoms with E-state index in [1.165, 1.54) is 36.4 Å². The van der Waals surface area contributed by atoms with E-state index < -0.39 is 11.9 Å². The molecule has 0 saturated heterocycles. The molecule has 1 aromatic heterocycles. The average molecular weight is 338 g/mol. The normalized spacial score (nSPS) is 10.4. The molecule has 0 atom stereocenters. The first-order chi connectivity index (χ1) is 12.0. The van der Waals surface area contributed by atoms with Crippen molar-refractivity contribution in [1.29, 1.82) is 5.26 Å². The van der Waals surface area contributed by atoms with Gasteiger partial charge in [0.05, 0.1) is 16.7 Å². The Morgan fingerprint density at radius 3 is 2.48 bits per heavy atom. The molecule has 0 unspecified atom stereocenters. The summed E-state index contributed by atoms with van der Waals surface area (Å²) >= 11 is 0. The summed E-state index contributed by atoms with van der Waals surface area (Å²) in [5, 5.41) is 27.0. The second kappa shape index (κ2) is 6.33. The van der Waals surface area contributed by atoms with Gasteiger partial charge < -0.3 is 19.4 Å². The van der Waals surface area contributed by atoms with Crippen molar-refractivity contribution >= 4 is 23.0 Å². The lowest BCUT2D eigenvalue weighted by Gasteiger charge is -2.06. The minimum absolute atomic E-state index is 0.0213. The molecule has 0 saturated carbocycles. The van der Waals surface area contributed by atoms with E-state index in [1.807, 2.05) is 6.07 Å². The number of carboxylic acid groups (broad SMARTS) is 2. The first kappa shape index (κ1) is 16.0. The predicted molar refractivity (Wildman–Crippen MR) is 83.4 cm³/mol. The Hall–Kier alpha value is -3.86. The minimum atomic E-state index is -1.14. The maximum atomic E-state index is 10.9. The summed E-state index contributed by atoms with van der Waals surface area (Å²) in [5.41, 5.74) is 0.911. The van der Waals surface area contributed by atoms with Crippen LogP contribution in [0.15, 0.2) is 40.8 Å². The molecule has 0 aliphatic heterocycles. The smallest absolute Gasteiger partial charge is 0.335 e. The first-order valence-corrected chi connectivity index (χ1v) is 7.01. The van der Waals surface area contributed by atoms with Crippen LogP contribution in [0.2, 0.25) is 0 Å². The van der Waals surface area contributed by atoms with Gasteiger partial charge in [-0.2, -0.15) is 5.26 Å². The van der Waals surface area contributed by atoms with E-state index in [0.29, 0.717) is 11.1 Å². The van der Waals surface area contributed by atoms with Gasteiger partial charge in [0.2, 0.25) is 5.89 Å². The van der Waals surface area contributed by atoms with Crippen LogP contribution in [0.4, 0.5) is 0 Å². The van der Waals surface area contributed by atoms with Crippen LogP contribution in [0.1, 0.15) is 32.2 Å². The Kier molecular flexibility index (Phi) is 4.05. The third-order valence-electron chi connectivity index (χ3n) is 3.38. The molecule has 1 heterocycles. The fraction of sp³-hybridized carbons (Fsp3) is 0.0588. The Labute approximate surface area is 140 Å². The van der Waals surface area contributed by atoms with Gasteiger partial charge in [-0.1, -0.05) is 0 Å². The SMILES string of the molecule is N#Cc1cc(C(=O)O)ccc1OCc1nc2ccc(C(=O)O)cc2o1. The number of ether oxygens (including phenoxy) is 1. The van der Waals surface area contributed by atoms with Gasteiger partial charge >= 0.3 is 11.9 Å². The maximum Gasteiger partial charge on any atom is 0.335 e. The van der Waals surface area contributed by atoms with Crippen molar-refractivity contribution in [2.24, 2.45) is 0 Å². The minimum Gasteiger partial charge on any atom is -0.482 e. The summed E-state index contributed by atoms with van der Waals surface area (Å²) < 4.78 is 10.9. The van der Waals surface area contributed by atoms with Gasteiger partial charge in [0.25, 0.3) is 0 Å². The van der Waals surface area contributed by atoms with Gasteiger partial charge in [0.15, 0.2) is 12.2 Å². The van der Waals surface area contributed by atoms with E-state index in [2.05, 4.69) is 4.98 Å². The van der Waals surface area contributed by atoms with Crippen molar-refractivity contribution in [3.63, 3.8) is 0 Å². The highest BCUT2D eigenvalue weighted by molar-refractivity contribution is 5.91. The van der Waals surface area contributed by atoms with Crippen LogP contribution in [-0.2, 0) is 6.61 Å². The number of fused-ring (bicyclic) bond motifs is 1. The van der Waals surface area contributed by atoms with Crippen molar-refractivity contribution in [1.82, 2.24) is 4.98 Å². The molecule has 0 spiro atoms. The van der Waals surface area contributed by atoms with Crippen LogP contribution in [0.3, 0.4) is 0 Å². The largest absolute Gasteiger partial charge is 0.482 e. The number of rotatable bonds is 5. The summed E-state index contributed by atoms with van der Waals surface area (Å²) in [4.78, 5) is 26.0. The van der Waals surface area contributed by atoms with Gasteiger partial charge in [-0.3, -0.25) is 0 Å². The summed E-state index contributed by atoms with van der Waals surface area (Å²) in [6.07, 6.45) is 0. The van der Waals surface area contributed by atoms with E-state index in [1.54, 1.807) is 0 Å². The van der Waals surface area contributed by atoms with Gasteiger partial charge in [0, 0.05) is 0 Å².